The SMILES string of the molecule is CC(C)CCCC(C)NCC1CCCc2ccccc21. The number of hydrogen-bond acceptors (Lipinski definition) is 1. The Balaban J connectivity index is 1.77. The third kappa shape index (κ3) is 4.63. The van der Waals surface area contributed by atoms with Crippen molar-refractivity contribution < 1.29 is 0 Å². The van der Waals surface area contributed by atoms with Gasteiger partial charge in [-0.1, -0.05) is 51.0 Å². The van der Waals surface area contributed by atoms with Gasteiger partial charge in [-0.15, -0.1) is 0 Å². The topological polar surface area (TPSA) is 12.0 Å². The maximum Gasteiger partial charge on any atom is 0.00389 e. The fourth-order valence-corrected chi connectivity index (χ4v) is 3.34. The Bertz CT molecular complexity index is 397. The number of fused-ring (bicyclic) bond motifs is 1. The van der Waals surface area contributed by atoms with Crippen molar-refractivity contribution in [2.75, 3.05) is 6.54 Å². The molecule has 0 heterocycles. The average Bonchev–Trinajstić information content (AvgIpc) is 2.44. The van der Waals surface area contributed by atoms with Gasteiger partial charge >= 0.3 is 0 Å². The molecule has 1 aliphatic rings. The van der Waals surface area contributed by atoms with Crippen molar-refractivity contribution in [1.82, 2.24) is 5.32 Å². The van der Waals surface area contributed by atoms with Crippen molar-refractivity contribution in [3.63, 3.8) is 0 Å². The van der Waals surface area contributed by atoms with Crippen molar-refractivity contribution in [2.45, 2.75) is 71.3 Å². The summed E-state index contributed by atoms with van der Waals surface area (Å²) in [4.78, 5) is 0. The van der Waals surface area contributed by atoms with Gasteiger partial charge in [0.2, 0.25) is 0 Å². The van der Waals surface area contributed by atoms with Gasteiger partial charge in [-0.2, -0.15) is 0 Å². The highest BCUT2D eigenvalue weighted by Gasteiger charge is 2.19. The molecule has 1 N–H and O–H groups in total. The van der Waals surface area contributed by atoms with Gasteiger partial charge in [0.1, 0.15) is 0 Å². The molecular formula is C19H31N. The van der Waals surface area contributed by atoms with Gasteiger partial charge in [-0.3, -0.25) is 0 Å². The molecule has 0 fully saturated rings. The van der Waals surface area contributed by atoms with E-state index in [4.69, 9.17) is 0 Å². The Morgan fingerprint density at radius 1 is 1.15 bits per heavy atom. The van der Waals surface area contributed by atoms with Crippen LogP contribution in [-0.2, 0) is 6.42 Å². The van der Waals surface area contributed by atoms with Crippen LogP contribution in [0, 0.1) is 5.92 Å². The highest BCUT2D eigenvalue weighted by molar-refractivity contribution is 5.32. The summed E-state index contributed by atoms with van der Waals surface area (Å²) >= 11 is 0. The van der Waals surface area contributed by atoms with Crippen LogP contribution in [0.15, 0.2) is 24.3 Å². The second-order valence-electron chi connectivity index (χ2n) is 6.92. The van der Waals surface area contributed by atoms with E-state index in [9.17, 15) is 0 Å². The highest BCUT2D eigenvalue weighted by Crippen LogP contribution is 2.30. The Morgan fingerprint density at radius 2 is 1.95 bits per heavy atom. The summed E-state index contributed by atoms with van der Waals surface area (Å²) in [6, 6.07) is 9.69. The van der Waals surface area contributed by atoms with Crippen LogP contribution in [0.2, 0.25) is 0 Å². The molecule has 2 unspecified atom stereocenters. The maximum atomic E-state index is 3.77. The molecule has 0 spiro atoms. The van der Waals surface area contributed by atoms with Gasteiger partial charge in [-0.05, 0) is 55.6 Å². The third-order valence-electron chi connectivity index (χ3n) is 4.62. The lowest BCUT2D eigenvalue weighted by molar-refractivity contribution is 0.426. The molecule has 2 rings (SSSR count). The van der Waals surface area contributed by atoms with E-state index in [0.717, 1.165) is 18.4 Å². The van der Waals surface area contributed by atoms with Crippen LogP contribution in [0.1, 0.15) is 69.9 Å². The fraction of sp³-hybridized carbons (Fsp3) is 0.684. The molecule has 0 amide bonds. The summed E-state index contributed by atoms with van der Waals surface area (Å²) in [7, 11) is 0. The maximum absolute atomic E-state index is 3.77. The van der Waals surface area contributed by atoms with Crippen molar-refractivity contribution >= 4 is 0 Å². The normalized spacial score (nSPS) is 19.9. The quantitative estimate of drug-likeness (QED) is 0.744. The van der Waals surface area contributed by atoms with Crippen LogP contribution >= 0.6 is 0 Å². The first-order valence-electron chi connectivity index (χ1n) is 8.48. The van der Waals surface area contributed by atoms with E-state index in [2.05, 4.69) is 50.4 Å². The molecule has 0 radical (unpaired) electrons. The van der Waals surface area contributed by atoms with Gasteiger partial charge in [0.25, 0.3) is 0 Å². The summed E-state index contributed by atoms with van der Waals surface area (Å²) < 4.78 is 0. The molecule has 0 bridgehead atoms. The predicted molar refractivity (Wildman–Crippen MR) is 88.3 cm³/mol. The molecule has 1 aromatic carbocycles. The zero-order valence-corrected chi connectivity index (χ0v) is 13.5. The van der Waals surface area contributed by atoms with E-state index in [1.807, 2.05) is 0 Å². The second kappa shape index (κ2) is 7.83. The molecule has 0 aromatic heterocycles. The Morgan fingerprint density at radius 3 is 2.75 bits per heavy atom. The Hall–Kier alpha value is -0.820. The first kappa shape index (κ1) is 15.6. The molecule has 0 saturated heterocycles. The van der Waals surface area contributed by atoms with Crippen molar-refractivity contribution in [2.24, 2.45) is 5.92 Å². The number of benzene rings is 1. The summed E-state index contributed by atoms with van der Waals surface area (Å²) in [5, 5.41) is 3.77. The minimum absolute atomic E-state index is 0.655. The van der Waals surface area contributed by atoms with Gasteiger partial charge in [-0.25, -0.2) is 0 Å². The molecule has 0 aliphatic heterocycles. The van der Waals surface area contributed by atoms with E-state index >= 15 is 0 Å². The third-order valence-corrected chi connectivity index (χ3v) is 4.62. The smallest absolute Gasteiger partial charge is 0.00389 e. The molecule has 1 aliphatic carbocycles. The van der Waals surface area contributed by atoms with Crippen molar-refractivity contribution in [3.8, 4) is 0 Å². The van der Waals surface area contributed by atoms with Gasteiger partial charge in [0.05, 0.1) is 0 Å². The van der Waals surface area contributed by atoms with Gasteiger partial charge in [0.15, 0.2) is 0 Å². The predicted octanol–water partition coefficient (Wildman–Crippen LogP) is 4.91. The minimum atomic E-state index is 0.655. The van der Waals surface area contributed by atoms with E-state index in [1.165, 1.54) is 38.5 Å². The number of rotatable bonds is 7. The molecule has 1 heteroatoms. The molecular weight excluding hydrogens is 242 g/mol. The molecule has 20 heavy (non-hydrogen) atoms. The Kier molecular flexibility index (Phi) is 6.09. The summed E-state index contributed by atoms with van der Waals surface area (Å²) in [6.45, 7) is 8.13. The fourth-order valence-electron chi connectivity index (χ4n) is 3.34. The van der Waals surface area contributed by atoms with E-state index in [-0.39, 0.29) is 0 Å². The van der Waals surface area contributed by atoms with Crippen LogP contribution in [0.3, 0.4) is 0 Å². The number of nitrogens with one attached hydrogen (secondary N) is 1. The standard InChI is InChI=1S/C19H31N/c1-15(2)8-6-9-16(3)20-14-18-12-7-11-17-10-4-5-13-19(17)18/h4-5,10,13,15-16,18,20H,6-9,11-12,14H2,1-3H3. The van der Waals surface area contributed by atoms with E-state index < -0.39 is 0 Å². The first-order valence-corrected chi connectivity index (χ1v) is 8.48. The lowest BCUT2D eigenvalue weighted by atomic mass is 9.83. The van der Waals surface area contributed by atoms with Crippen LogP contribution in [0.5, 0.6) is 0 Å². The van der Waals surface area contributed by atoms with Crippen LogP contribution in [-0.4, -0.2) is 12.6 Å². The summed E-state index contributed by atoms with van der Waals surface area (Å²) in [5.41, 5.74) is 3.18. The highest BCUT2D eigenvalue weighted by atomic mass is 14.9. The summed E-state index contributed by atoms with van der Waals surface area (Å²) in [5.74, 6) is 1.57. The summed E-state index contributed by atoms with van der Waals surface area (Å²) in [6.07, 6.45) is 8.00. The van der Waals surface area contributed by atoms with Gasteiger partial charge < -0.3 is 5.32 Å². The van der Waals surface area contributed by atoms with E-state index in [1.54, 1.807) is 11.1 Å². The molecule has 2 atom stereocenters. The van der Waals surface area contributed by atoms with Crippen molar-refractivity contribution in [3.05, 3.63) is 35.4 Å². The van der Waals surface area contributed by atoms with Crippen LogP contribution in [0.25, 0.3) is 0 Å². The minimum Gasteiger partial charge on any atom is -0.314 e. The second-order valence-corrected chi connectivity index (χ2v) is 6.92. The van der Waals surface area contributed by atoms with Gasteiger partial charge in [0, 0.05) is 12.6 Å². The largest absolute Gasteiger partial charge is 0.314 e. The Labute approximate surface area is 125 Å². The monoisotopic (exact) mass is 273 g/mol. The number of aryl methyl sites for hydroxylation is 1. The first-order chi connectivity index (χ1) is 9.66. The molecule has 0 saturated carbocycles. The van der Waals surface area contributed by atoms with E-state index in [0.29, 0.717) is 6.04 Å². The zero-order chi connectivity index (χ0) is 14.4. The van der Waals surface area contributed by atoms with Crippen molar-refractivity contribution in [1.29, 1.82) is 0 Å². The lowest BCUT2D eigenvalue weighted by Gasteiger charge is -2.27. The molecule has 1 aromatic rings. The van der Waals surface area contributed by atoms with Crippen LogP contribution in [0.4, 0.5) is 0 Å². The molecule has 112 valence electrons. The molecule has 1 nitrogen and oxygen atoms in total. The lowest BCUT2D eigenvalue weighted by Crippen LogP contribution is -2.31. The average molecular weight is 273 g/mol. The zero-order valence-electron chi connectivity index (χ0n) is 13.5. The van der Waals surface area contributed by atoms with Crippen LogP contribution < -0.4 is 5.32 Å². The number of hydrogen-bond donors (Lipinski definition) is 1.